The van der Waals surface area contributed by atoms with Gasteiger partial charge in [0.1, 0.15) is 5.82 Å². The summed E-state index contributed by atoms with van der Waals surface area (Å²) in [7, 11) is 0. The second kappa shape index (κ2) is 12.2. The SMILES string of the molecule is Cc1nc(-c2ccc(OCCCN3CCN(c4nsc5ccccc45)CC3)nc2)no1.O=C(O)C(=O)O. The highest BCUT2D eigenvalue weighted by atomic mass is 32.1. The minimum Gasteiger partial charge on any atom is -0.478 e. The van der Waals surface area contributed by atoms with Crippen LogP contribution in [0.5, 0.6) is 5.88 Å². The number of aromatic nitrogens is 4. The second-order valence-corrected chi connectivity index (χ2v) is 8.97. The zero-order chi connectivity index (χ0) is 26.2. The highest BCUT2D eigenvalue weighted by Gasteiger charge is 2.20. The third-order valence-corrected chi connectivity index (χ3v) is 6.42. The molecule has 194 valence electrons. The van der Waals surface area contributed by atoms with E-state index >= 15 is 0 Å². The van der Waals surface area contributed by atoms with Gasteiger partial charge in [-0.3, -0.25) is 4.90 Å². The molecule has 5 rings (SSSR count). The number of hydrogen-bond acceptors (Lipinski definition) is 11. The fraction of sp³-hybridized carbons (Fsp3) is 0.333. The fourth-order valence-electron chi connectivity index (χ4n) is 3.76. The Bertz CT molecular complexity index is 1320. The molecule has 0 aliphatic carbocycles. The van der Waals surface area contributed by atoms with Crippen molar-refractivity contribution in [3.8, 4) is 17.3 Å². The molecule has 0 saturated carbocycles. The molecule has 1 saturated heterocycles. The van der Waals surface area contributed by atoms with E-state index < -0.39 is 11.9 Å². The Morgan fingerprint density at radius 2 is 1.84 bits per heavy atom. The van der Waals surface area contributed by atoms with Crippen molar-refractivity contribution in [3.63, 3.8) is 0 Å². The molecular weight excluding hydrogens is 500 g/mol. The maximum Gasteiger partial charge on any atom is 0.414 e. The number of hydrogen-bond donors (Lipinski definition) is 2. The zero-order valence-electron chi connectivity index (χ0n) is 20.1. The number of pyridine rings is 1. The van der Waals surface area contributed by atoms with Crippen molar-refractivity contribution in [3.05, 3.63) is 48.5 Å². The van der Waals surface area contributed by atoms with Gasteiger partial charge in [0, 0.05) is 62.9 Å². The number of nitrogens with zero attached hydrogens (tertiary/aromatic N) is 6. The van der Waals surface area contributed by atoms with Gasteiger partial charge < -0.3 is 24.4 Å². The third-order valence-electron chi connectivity index (χ3n) is 5.60. The summed E-state index contributed by atoms with van der Waals surface area (Å²) in [6.07, 6.45) is 2.67. The number of carbonyl (C=O) groups is 2. The lowest BCUT2D eigenvalue weighted by atomic mass is 10.2. The number of benzene rings is 1. The van der Waals surface area contributed by atoms with Gasteiger partial charge in [-0.2, -0.15) is 9.36 Å². The first-order valence-electron chi connectivity index (χ1n) is 11.6. The molecule has 0 radical (unpaired) electrons. The quantitative estimate of drug-likeness (QED) is 0.269. The minimum absolute atomic E-state index is 0.538. The van der Waals surface area contributed by atoms with Gasteiger partial charge in [0.25, 0.3) is 0 Å². The van der Waals surface area contributed by atoms with E-state index in [2.05, 4.69) is 53.6 Å². The van der Waals surface area contributed by atoms with Crippen molar-refractivity contribution in [1.29, 1.82) is 0 Å². The summed E-state index contributed by atoms with van der Waals surface area (Å²) in [6.45, 7) is 7.53. The van der Waals surface area contributed by atoms with Gasteiger partial charge >= 0.3 is 11.9 Å². The summed E-state index contributed by atoms with van der Waals surface area (Å²) in [5.74, 6) is -0.819. The highest BCUT2D eigenvalue weighted by Crippen LogP contribution is 2.29. The monoisotopic (exact) mass is 526 g/mol. The fourth-order valence-corrected chi connectivity index (χ4v) is 4.56. The Balaban J connectivity index is 0.000000480. The van der Waals surface area contributed by atoms with Crippen LogP contribution in [-0.2, 0) is 9.59 Å². The third kappa shape index (κ3) is 6.98. The van der Waals surface area contributed by atoms with E-state index in [4.69, 9.17) is 29.1 Å². The van der Waals surface area contributed by atoms with E-state index in [1.54, 1.807) is 24.7 Å². The van der Waals surface area contributed by atoms with Crippen LogP contribution in [-0.4, -0.2) is 85.9 Å². The lowest BCUT2D eigenvalue weighted by Crippen LogP contribution is -2.47. The van der Waals surface area contributed by atoms with Crippen LogP contribution in [0.25, 0.3) is 21.5 Å². The first-order valence-corrected chi connectivity index (χ1v) is 12.4. The predicted molar refractivity (Wildman–Crippen MR) is 136 cm³/mol. The molecule has 4 aromatic rings. The van der Waals surface area contributed by atoms with Gasteiger partial charge in [0.2, 0.25) is 17.6 Å². The molecule has 0 bridgehead atoms. The summed E-state index contributed by atoms with van der Waals surface area (Å²) in [4.78, 5) is 31.6. The maximum atomic E-state index is 9.10. The maximum absolute atomic E-state index is 9.10. The van der Waals surface area contributed by atoms with Crippen LogP contribution in [0.15, 0.2) is 47.1 Å². The molecule has 12 nitrogen and oxygen atoms in total. The predicted octanol–water partition coefficient (Wildman–Crippen LogP) is 2.80. The van der Waals surface area contributed by atoms with Crippen molar-refractivity contribution in [2.45, 2.75) is 13.3 Å². The van der Waals surface area contributed by atoms with Crippen LogP contribution in [0.2, 0.25) is 0 Å². The van der Waals surface area contributed by atoms with Gasteiger partial charge in [0.05, 0.1) is 11.3 Å². The Hall–Kier alpha value is -4.10. The van der Waals surface area contributed by atoms with E-state index in [-0.39, 0.29) is 0 Å². The number of anilines is 1. The molecule has 13 heteroatoms. The smallest absolute Gasteiger partial charge is 0.414 e. The molecule has 37 heavy (non-hydrogen) atoms. The number of carboxylic acid groups (broad SMARTS) is 2. The molecule has 0 amide bonds. The Morgan fingerprint density at radius 3 is 2.49 bits per heavy atom. The summed E-state index contributed by atoms with van der Waals surface area (Å²) in [5, 5.41) is 19.9. The summed E-state index contributed by atoms with van der Waals surface area (Å²) in [6, 6.07) is 12.2. The molecule has 4 heterocycles. The van der Waals surface area contributed by atoms with Crippen molar-refractivity contribution in [2.24, 2.45) is 0 Å². The topological polar surface area (TPSA) is 155 Å². The van der Waals surface area contributed by atoms with E-state index in [9.17, 15) is 0 Å². The zero-order valence-corrected chi connectivity index (χ0v) is 20.9. The Kier molecular flexibility index (Phi) is 8.59. The van der Waals surface area contributed by atoms with Gasteiger partial charge in [-0.25, -0.2) is 14.6 Å². The van der Waals surface area contributed by atoms with Gasteiger partial charge in [-0.1, -0.05) is 17.3 Å². The summed E-state index contributed by atoms with van der Waals surface area (Å²) >= 11 is 1.58. The van der Waals surface area contributed by atoms with E-state index in [1.165, 1.54) is 10.1 Å². The molecule has 1 aliphatic rings. The highest BCUT2D eigenvalue weighted by molar-refractivity contribution is 7.13. The molecular formula is C24H26N6O6S. The Morgan fingerprint density at radius 1 is 1.08 bits per heavy atom. The minimum atomic E-state index is -1.82. The van der Waals surface area contributed by atoms with Crippen LogP contribution in [0.3, 0.4) is 0 Å². The van der Waals surface area contributed by atoms with Crippen LogP contribution >= 0.6 is 11.5 Å². The normalized spacial score (nSPS) is 13.7. The molecule has 0 spiro atoms. The average molecular weight is 527 g/mol. The number of fused-ring (bicyclic) bond motifs is 1. The van der Waals surface area contributed by atoms with Gasteiger partial charge in [-0.15, -0.1) is 0 Å². The van der Waals surface area contributed by atoms with Gasteiger partial charge in [-0.05, 0) is 36.2 Å². The second-order valence-electron chi connectivity index (χ2n) is 8.17. The van der Waals surface area contributed by atoms with Crippen molar-refractivity contribution < 1.29 is 29.1 Å². The van der Waals surface area contributed by atoms with E-state index in [0.29, 0.717) is 24.2 Å². The standard InChI is InChI=1S/C22H24N6O2S.C2H2O4/c1-16-24-21(25-30-16)17-7-8-20(23-15-17)29-14-4-9-27-10-12-28(13-11-27)22-18-5-2-3-6-19(18)31-26-22;3-1(4)2(5)6/h2-3,5-8,15H,4,9-14H2,1H3;(H,3,4)(H,5,6). The summed E-state index contributed by atoms with van der Waals surface area (Å²) < 4.78 is 16.7. The largest absolute Gasteiger partial charge is 0.478 e. The van der Waals surface area contributed by atoms with E-state index in [1.807, 2.05) is 12.1 Å². The van der Waals surface area contributed by atoms with E-state index in [0.717, 1.165) is 50.5 Å². The lowest BCUT2D eigenvalue weighted by Gasteiger charge is -2.35. The van der Waals surface area contributed by atoms with Crippen LogP contribution in [0.4, 0.5) is 5.82 Å². The Labute approximate surface area is 216 Å². The number of aliphatic carboxylic acids is 2. The van der Waals surface area contributed by atoms with Crippen LogP contribution < -0.4 is 9.64 Å². The summed E-state index contributed by atoms with van der Waals surface area (Å²) in [5.41, 5.74) is 0.815. The number of piperazine rings is 1. The van der Waals surface area contributed by atoms with Crippen molar-refractivity contribution >= 4 is 39.4 Å². The van der Waals surface area contributed by atoms with Crippen molar-refractivity contribution in [1.82, 2.24) is 24.4 Å². The number of rotatable bonds is 7. The lowest BCUT2D eigenvalue weighted by molar-refractivity contribution is -0.159. The number of carboxylic acids is 2. The molecule has 0 atom stereocenters. The first kappa shape index (κ1) is 26.0. The molecule has 1 aromatic carbocycles. The molecule has 1 aliphatic heterocycles. The number of aryl methyl sites for hydroxylation is 1. The van der Waals surface area contributed by atoms with Crippen LogP contribution in [0.1, 0.15) is 12.3 Å². The molecule has 0 unspecified atom stereocenters. The first-order chi connectivity index (χ1) is 17.9. The molecule has 2 N–H and O–H groups in total. The van der Waals surface area contributed by atoms with Crippen LogP contribution in [0, 0.1) is 6.92 Å². The average Bonchev–Trinajstić information content (AvgIpc) is 3.54. The molecule has 1 fully saturated rings. The van der Waals surface area contributed by atoms with Gasteiger partial charge in [0.15, 0.2) is 0 Å². The van der Waals surface area contributed by atoms with Crippen molar-refractivity contribution in [2.75, 3.05) is 44.2 Å². The molecule has 3 aromatic heterocycles. The number of ether oxygens (including phenoxy) is 1.